The van der Waals surface area contributed by atoms with Crippen molar-refractivity contribution in [3.05, 3.63) is 22.9 Å². The second-order valence-corrected chi connectivity index (χ2v) is 6.00. The van der Waals surface area contributed by atoms with Gasteiger partial charge in [-0.3, -0.25) is 0 Å². The molecular weight excluding hydrogens is 305 g/mol. The van der Waals surface area contributed by atoms with Crippen LogP contribution in [0.15, 0.2) is 11.1 Å². The van der Waals surface area contributed by atoms with E-state index in [2.05, 4.69) is 4.98 Å². The van der Waals surface area contributed by atoms with Crippen molar-refractivity contribution in [2.24, 2.45) is 5.41 Å². The van der Waals surface area contributed by atoms with E-state index in [-0.39, 0.29) is 17.3 Å². The molecule has 0 bridgehead atoms. The van der Waals surface area contributed by atoms with Gasteiger partial charge in [0.25, 0.3) is 0 Å². The van der Waals surface area contributed by atoms with Gasteiger partial charge in [0.05, 0.1) is 30.9 Å². The minimum absolute atomic E-state index is 0.0459. The fourth-order valence-electron chi connectivity index (χ4n) is 1.91. The molecule has 2 rings (SSSR count). The number of aromatic nitrogens is 1. The normalized spacial score (nSPS) is 17.1. The highest BCUT2D eigenvalue weighted by molar-refractivity contribution is 7.99. The number of alkyl halides is 3. The number of aliphatic hydroxyl groups is 1. The zero-order valence-electron chi connectivity index (χ0n) is 11.2. The summed E-state index contributed by atoms with van der Waals surface area (Å²) < 4.78 is 43.9. The van der Waals surface area contributed by atoms with Gasteiger partial charge in [-0.2, -0.15) is 18.4 Å². The zero-order valence-corrected chi connectivity index (χ0v) is 12.0. The monoisotopic (exact) mass is 318 g/mol. The largest absolute Gasteiger partial charge is 0.417 e. The Kier molecular flexibility index (Phi) is 4.46. The molecule has 0 aromatic carbocycles. The van der Waals surface area contributed by atoms with Crippen LogP contribution in [0.1, 0.15) is 16.8 Å². The van der Waals surface area contributed by atoms with Crippen LogP contribution in [0, 0.1) is 23.7 Å². The van der Waals surface area contributed by atoms with E-state index in [1.165, 1.54) is 6.92 Å². The summed E-state index contributed by atoms with van der Waals surface area (Å²) in [7, 11) is 0. The van der Waals surface area contributed by atoms with Crippen LogP contribution in [0.25, 0.3) is 0 Å². The van der Waals surface area contributed by atoms with Crippen molar-refractivity contribution >= 4 is 11.8 Å². The molecule has 4 nitrogen and oxygen atoms in total. The maximum Gasteiger partial charge on any atom is 0.417 e. The molecule has 1 aromatic rings. The van der Waals surface area contributed by atoms with Crippen LogP contribution < -0.4 is 0 Å². The second kappa shape index (κ2) is 5.83. The van der Waals surface area contributed by atoms with E-state index >= 15 is 0 Å². The van der Waals surface area contributed by atoms with E-state index in [1.54, 1.807) is 6.07 Å². The molecule has 1 fully saturated rings. The predicted molar refractivity (Wildman–Crippen MR) is 69.8 cm³/mol. The van der Waals surface area contributed by atoms with Gasteiger partial charge in [0.2, 0.25) is 0 Å². The fourth-order valence-corrected chi connectivity index (χ4v) is 3.12. The number of aliphatic hydroxyl groups excluding tert-OH is 1. The van der Waals surface area contributed by atoms with Gasteiger partial charge in [-0.05, 0) is 13.0 Å². The van der Waals surface area contributed by atoms with E-state index in [0.29, 0.717) is 19.0 Å². The molecule has 1 saturated heterocycles. The lowest BCUT2D eigenvalue weighted by Crippen LogP contribution is -2.47. The lowest BCUT2D eigenvalue weighted by Gasteiger charge is -2.39. The van der Waals surface area contributed by atoms with Crippen molar-refractivity contribution < 1.29 is 23.0 Å². The maximum absolute atomic E-state index is 13.0. The number of halogens is 3. The van der Waals surface area contributed by atoms with Gasteiger partial charge in [-0.15, -0.1) is 11.8 Å². The first kappa shape index (κ1) is 16.1. The molecular formula is C13H13F3N2O2S. The quantitative estimate of drug-likeness (QED) is 0.864. The first-order valence-electron chi connectivity index (χ1n) is 6.12. The molecule has 1 aliphatic heterocycles. The maximum atomic E-state index is 13.0. The minimum atomic E-state index is -4.59. The number of pyridine rings is 1. The highest BCUT2D eigenvalue weighted by atomic mass is 32.2. The molecule has 2 heterocycles. The highest BCUT2D eigenvalue weighted by Gasteiger charge is 2.39. The molecule has 21 heavy (non-hydrogen) atoms. The van der Waals surface area contributed by atoms with Crippen molar-refractivity contribution in [3.8, 4) is 6.07 Å². The van der Waals surface area contributed by atoms with Gasteiger partial charge in [0.1, 0.15) is 11.1 Å². The fraction of sp³-hybridized carbons (Fsp3) is 0.538. The van der Waals surface area contributed by atoms with Crippen molar-refractivity contribution in [2.75, 3.05) is 25.6 Å². The number of nitrogens with zero attached hydrogens (tertiary/aromatic N) is 2. The molecule has 0 spiro atoms. The predicted octanol–water partition coefficient (Wildman–Crippen LogP) is 2.38. The molecule has 0 aliphatic carbocycles. The number of hydrogen-bond donors (Lipinski definition) is 1. The summed E-state index contributed by atoms with van der Waals surface area (Å²) in [5, 5.41) is 18.4. The van der Waals surface area contributed by atoms with Crippen LogP contribution >= 0.6 is 11.8 Å². The molecule has 0 radical (unpaired) electrons. The van der Waals surface area contributed by atoms with E-state index in [1.807, 2.05) is 0 Å². The van der Waals surface area contributed by atoms with Gasteiger partial charge < -0.3 is 9.84 Å². The summed E-state index contributed by atoms with van der Waals surface area (Å²) in [6.45, 7) is 2.06. The van der Waals surface area contributed by atoms with Crippen molar-refractivity contribution in [1.29, 1.82) is 5.26 Å². The van der Waals surface area contributed by atoms with E-state index in [9.17, 15) is 18.3 Å². The Morgan fingerprint density at radius 1 is 1.52 bits per heavy atom. The minimum Gasteiger partial charge on any atom is -0.396 e. The first-order chi connectivity index (χ1) is 9.81. The molecule has 1 aliphatic rings. The summed E-state index contributed by atoms with van der Waals surface area (Å²) >= 11 is 1.05. The molecule has 0 amide bonds. The highest BCUT2D eigenvalue weighted by Crippen LogP contribution is 2.38. The number of hydrogen-bond acceptors (Lipinski definition) is 5. The Labute approximate surface area is 123 Å². The Bertz CT molecular complexity index is 574. The van der Waals surface area contributed by atoms with Gasteiger partial charge in [0.15, 0.2) is 0 Å². The average molecular weight is 318 g/mol. The third kappa shape index (κ3) is 3.31. The van der Waals surface area contributed by atoms with E-state index in [4.69, 9.17) is 10.00 Å². The molecule has 114 valence electrons. The number of ether oxygens (including phenoxy) is 1. The zero-order chi connectivity index (χ0) is 15.7. The average Bonchev–Trinajstić information content (AvgIpc) is 2.36. The Morgan fingerprint density at radius 3 is 2.62 bits per heavy atom. The Morgan fingerprint density at radius 2 is 2.19 bits per heavy atom. The SMILES string of the molecule is Cc1cc(C(F)(F)F)c(C#N)c(SCC2(CO)COC2)n1. The van der Waals surface area contributed by atoms with Crippen molar-refractivity contribution in [2.45, 2.75) is 18.1 Å². The smallest absolute Gasteiger partial charge is 0.396 e. The Hall–Kier alpha value is -1.30. The number of nitriles is 1. The molecule has 8 heteroatoms. The first-order valence-corrected chi connectivity index (χ1v) is 7.10. The van der Waals surface area contributed by atoms with E-state index < -0.39 is 22.7 Å². The van der Waals surface area contributed by atoms with Gasteiger partial charge in [-0.25, -0.2) is 4.98 Å². The molecule has 0 saturated carbocycles. The van der Waals surface area contributed by atoms with Crippen molar-refractivity contribution in [1.82, 2.24) is 4.98 Å². The van der Waals surface area contributed by atoms with Crippen LogP contribution in [0.5, 0.6) is 0 Å². The third-order valence-corrected chi connectivity index (χ3v) is 4.52. The summed E-state index contributed by atoms with van der Waals surface area (Å²) in [6, 6.07) is 2.46. The standard InChI is InChI=1S/C13H13F3N2O2S/c1-8-2-10(13(14,15)16)9(3-17)11(18-8)21-7-12(4-19)5-20-6-12/h2,19H,4-7H2,1H3. The van der Waals surface area contributed by atoms with Crippen LogP contribution in [0.2, 0.25) is 0 Å². The number of aryl methyl sites for hydroxylation is 1. The van der Waals surface area contributed by atoms with Crippen molar-refractivity contribution in [3.63, 3.8) is 0 Å². The van der Waals surface area contributed by atoms with Crippen LogP contribution in [0.4, 0.5) is 13.2 Å². The summed E-state index contributed by atoms with van der Waals surface area (Å²) in [6.07, 6.45) is -4.59. The topological polar surface area (TPSA) is 66.1 Å². The van der Waals surface area contributed by atoms with Crippen LogP contribution in [-0.4, -0.2) is 35.7 Å². The van der Waals surface area contributed by atoms with Gasteiger partial charge in [-0.1, -0.05) is 0 Å². The summed E-state index contributed by atoms with van der Waals surface area (Å²) in [5.41, 5.74) is -1.69. The van der Waals surface area contributed by atoms with Gasteiger partial charge in [0, 0.05) is 16.9 Å². The lowest BCUT2D eigenvalue weighted by molar-refractivity contribution is -0.138. The Balaban J connectivity index is 2.31. The van der Waals surface area contributed by atoms with Crippen LogP contribution in [-0.2, 0) is 10.9 Å². The molecule has 1 aromatic heterocycles. The third-order valence-electron chi connectivity index (χ3n) is 3.20. The molecule has 0 unspecified atom stereocenters. The molecule has 0 atom stereocenters. The summed E-state index contributed by atoms with van der Waals surface area (Å²) in [5.74, 6) is 0.353. The lowest BCUT2D eigenvalue weighted by atomic mass is 9.90. The van der Waals surface area contributed by atoms with Crippen LogP contribution in [0.3, 0.4) is 0 Å². The second-order valence-electron chi connectivity index (χ2n) is 5.04. The number of rotatable bonds is 4. The van der Waals surface area contributed by atoms with E-state index in [0.717, 1.165) is 17.8 Å². The number of thioether (sulfide) groups is 1. The summed E-state index contributed by atoms with van der Waals surface area (Å²) in [4.78, 5) is 4.03. The van der Waals surface area contributed by atoms with Gasteiger partial charge >= 0.3 is 6.18 Å². The molecule has 1 N–H and O–H groups in total.